The second-order valence-electron chi connectivity index (χ2n) is 12.9. The Morgan fingerprint density at radius 2 is 1.84 bits per heavy atom. The summed E-state index contributed by atoms with van der Waals surface area (Å²) < 4.78 is 24.2. The lowest BCUT2D eigenvalue weighted by Gasteiger charge is -2.34. The van der Waals surface area contributed by atoms with Crippen LogP contribution < -0.4 is 20.3 Å². The van der Waals surface area contributed by atoms with Crippen LogP contribution >= 0.6 is 11.9 Å². The summed E-state index contributed by atoms with van der Waals surface area (Å²) in [5, 5.41) is 19.4. The van der Waals surface area contributed by atoms with E-state index in [-0.39, 0.29) is 23.8 Å². The van der Waals surface area contributed by atoms with Crippen molar-refractivity contribution in [2.45, 2.75) is 55.5 Å². The molecule has 0 spiro atoms. The first-order valence-corrected chi connectivity index (χ1v) is 17.2. The van der Waals surface area contributed by atoms with Gasteiger partial charge in [-0.2, -0.15) is 19.2 Å². The summed E-state index contributed by atoms with van der Waals surface area (Å²) in [4.78, 5) is 34.3. The van der Waals surface area contributed by atoms with Crippen LogP contribution in [0.25, 0.3) is 33.1 Å². The molecule has 1 saturated carbocycles. The van der Waals surface area contributed by atoms with Crippen molar-refractivity contribution in [3.63, 3.8) is 0 Å². The number of fused-ring (bicyclic) bond motifs is 4. The molecule has 2 atom stereocenters. The van der Waals surface area contributed by atoms with Crippen molar-refractivity contribution in [2.24, 2.45) is 0 Å². The molecule has 1 aliphatic carbocycles. The number of anilines is 2. The van der Waals surface area contributed by atoms with Crippen LogP contribution in [0.2, 0.25) is 0 Å². The van der Waals surface area contributed by atoms with E-state index >= 15 is 4.39 Å². The fourth-order valence-corrected chi connectivity index (χ4v) is 7.47. The summed E-state index contributed by atoms with van der Waals surface area (Å²) in [6, 6.07) is 11.8. The minimum atomic E-state index is -0.585. The number of aromatic nitrogens is 8. The number of nitrogens with one attached hydrogen (secondary N) is 3. The van der Waals surface area contributed by atoms with Crippen molar-refractivity contribution >= 4 is 51.2 Å². The third-order valence-electron chi connectivity index (χ3n) is 9.33. The quantitative estimate of drug-likeness (QED) is 0.190. The van der Waals surface area contributed by atoms with E-state index < -0.39 is 11.7 Å². The summed E-state index contributed by atoms with van der Waals surface area (Å²) in [5.74, 6) is 0.944. The lowest BCUT2D eigenvalue weighted by Crippen LogP contribution is -2.51. The average Bonchev–Trinajstić information content (AvgIpc) is 3.49. The Kier molecular flexibility index (Phi) is 7.38. The molecule has 1 amide bonds. The number of benzene rings is 2. The SMILES string of the molecule is Cc1ccc2[nH]ncc2c1-c1ncc2c(N3CC4CCC(C3)N4)nc(OCC(=O)Nc3ccc(Sn4cnc(C5CC5)n4)cc3)nc2c1F. The third kappa shape index (κ3) is 5.82. The maximum absolute atomic E-state index is 16.6. The van der Waals surface area contributed by atoms with Crippen molar-refractivity contribution in [1.29, 1.82) is 0 Å². The van der Waals surface area contributed by atoms with Crippen LogP contribution in [-0.4, -0.2) is 77.0 Å². The van der Waals surface area contributed by atoms with Gasteiger partial charge in [0.25, 0.3) is 5.91 Å². The van der Waals surface area contributed by atoms with Crippen LogP contribution in [0.3, 0.4) is 0 Å². The zero-order valence-corrected chi connectivity index (χ0v) is 27.4. The predicted molar refractivity (Wildman–Crippen MR) is 183 cm³/mol. The molecule has 6 heterocycles. The molecule has 3 fully saturated rings. The molecule has 2 saturated heterocycles. The van der Waals surface area contributed by atoms with Crippen LogP contribution in [0.1, 0.15) is 43.0 Å². The topological polar surface area (TPSA) is 152 Å². The normalized spacial score (nSPS) is 18.8. The molecule has 4 aromatic heterocycles. The molecular weight excluding hydrogens is 646 g/mol. The van der Waals surface area contributed by atoms with E-state index in [1.165, 1.54) is 11.9 Å². The van der Waals surface area contributed by atoms with Crippen molar-refractivity contribution in [1.82, 2.24) is 44.6 Å². The smallest absolute Gasteiger partial charge is 0.319 e. The van der Waals surface area contributed by atoms with Crippen molar-refractivity contribution in [2.75, 3.05) is 29.9 Å². The van der Waals surface area contributed by atoms with E-state index in [4.69, 9.17) is 9.72 Å². The lowest BCUT2D eigenvalue weighted by atomic mass is 10.00. The number of amides is 1. The van der Waals surface area contributed by atoms with Gasteiger partial charge in [-0.05, 0) is 68.5 Å². The largest absolute Gasteiger partial charge is 0.453 e. The highest BCUT2D eigenvalue weighted by molar-refractivity contribution is 7.97. The van der Waals surface area contributed by atoms with E-state index in [0.29, 0.717) is 53.5 Å². The van der Waals surface area contributed by atoms with Gasteiger partial charge < -0.3 is 20.3 Å². The molecule has 2 aliphatic heterocycles. The maximum atomic E-state index is 16.6. The fraction of sp³-hybridized carbons (Fsp3) is 0.324. The molecule has 2 bridgehead atoms. The molecular formula is C34H32FN11O2S. The van der Waals surface area contributed by atoms with Gasteiger partial charge in [0.2, 0.25) is 0 Å². The second-order valence-corrected chi connectivity index (χ2v) is 13.9. The van der Waals surface area contributed by atoms with Gasteiger partial charge in [0.05, 0.1) is 17.1 Å². The number of hydrogen-bond donors (Lipinski definition) is 3. The molecule has 3 N–H and O–H groups in total. The van der Waals surface area contributed by atoms with E-state index in [1.807, 2.05) is 43.3 Å². The minimum Gasteiger partial charge on any atom is -0.453 e. The fourth-order valence-electron chi connectivity index (χ4n) is 6.78. The number of nitrogens with zero attached hydrogens (tertiary/aromatic N) is 8. The Morgan fingerprint density at radius 3 is 2.63 bits per heavy atom. The molecule has 15 heteroatoms. The van der Waals surface area contributed by atoms with Gasteiger partial charge in [0, 0.05) is 70.8 Å². The number of carbonyl (C=O) groups is 1. The van der Waals surface area contributed by atoms with Gasteiger partial charge in [-0.15, -0.1) is 5.10 Å². The Bertz CT molecular complexity index is 2210. The number of ether oxygens (including phenoxy) is 1. The second kappa shape index (κ2) is 12.1. The molecule has 248 valence electrons. The molecule has 3 aliphatic rings. The van der Waals surface area contributed by atoms with Crippen LogP contribution in [0.15, 0.2) is 60.0 Å². The molecule has 2 aromatic carbocycles. The Labute approximate surface area is 284 Å². The van der Waals surface area contributed by atoms with Gasteiger partial charge in [-0.3, -0.25) is 14.9 Å². The minimum absolute atomic E-state index is 0.0806. The van der Waals surface area contributed by atoms with Crippen LogP contribution in [-0.2, 0) is 4.79 Å². The molecule has 2 unspecified atom stereocenters. The first-order chi connectivity index (χ1) is 23.9. The average molecular weight is 678 g/mol. The summed E-state index contributed by atoms with van der Waals surface area (Å²) >= 11 is 1.45. The molecule has 49 heavy (non-hydrogen) atoms. The van der Waals surface area contributed by atoms with E-state index in [9.17, 15) is 4.79 Å². The number of halogens is 1. The Balaban J connectivity index is 0.970. The monoisotopic (exact) mass is 677 g/mol. The standard InChI is InChI=1S/C34H32FN11O2S/c1-18-2-11-26-24(13-38-43-26)28(18)31-29(35)30-25(12-36-31)33(45-14-21-5-6-22(15-45)39-21)42-34(41-30)48-16-27(47)40-20-7-9-23(10-8-20)49-46-17-37-32(44-46)19-3-4-19/h2,7-13,17,19,21-22,39H,3-6,14-16H2,1H3,(H,38,43)(H,40,47). The van der Waals surface area contributed by atoms with E-state index in [0.717, 1.165) is 52.9 Å². The van der Waals surface area contributed by atoms with E-state index in [1.54, 1.807) is 22.8 Å². The number of rotatable bonds is 9. The first kappa shape index (κ1) is 29.9. The molecule has 6 aromatic rings. The number of piperazine rings is 1. The van der Waals surface area contributed by atoms with Crippen LogP contribution in [0.4, 0.5) is 15.9 Å². The van der Waals surface area contributed by atoms with Crippen molar-refractivity contribution in [3.8, 4) is 17.3 Å². The lowest BCUT2D eigenvalue weighted by molar-refractivity contribution is -0.118. The highest BCUT2D eigenvalue weighted by Gasteiger charge is 2.34. The maximum Gasteiger partial charge on any atom is 0.319 e. The number of H-pyrrole nitrogens is 1. The highest BCUT2D eigenvalue weighted by atomic mass is 32.2. The predicted octanol–water partition coefficient (Wildman–Crippen LogP) is 5.00. The van der Waals surface area contributed by atoms with Crippen molar-refractivity contribution < 1.29 is 13.9 Å². The molecule has 9 rings (SSSR count). The highest BCUT2D eigenvalue weighted by Crippen LogP contribution is 2.39. The third-order valence-corrected chi connectivity index (χ3v) is 10.2. The number of aryl methyl sites for hydroxylation is 1. The number of hydrogen-bond acceptors (Lipinski definition) is 11. The number of carbonyl (C=O) groups excluding carboxylic acids is 1. The van der Waals surface area contributed by atoms with E-state index in [2.05, 4.69) is 45.8 Å². The van der Waals surface area contributed by atoms with Gasteiger partial charge in [-0.1, -0.05) is 6.07 Å². The number of aromatic amines is 1. The van der Waals surface area contributed by atoms with Gasteiger partial charge in [0.15, 0.2) is 18.2 Å². The number of pyridine rings is 1. The van der Waals surface area contributed by atoms with Crippen LogP contribution in [0.5, 0.6) is 6.01 Å². The van der Waals surface area contributed by atoms with Gasteiger partial charge in [-0.25, -0.2) is 9.37 Å². The summed E-state index contributed by atoms with van der Waals surface area (Å²) in [5.41, 5.74) is 3.13. The summed E-state index contributed by atoms with van der Waals surface area (Å²) in [6.45, 7) is 2.98. The molecule has 0 radical (unpaired) electrons. The summed E-state index contributed by atoms with van der Waals surface area (Å²) in [6.07, 6.45) is 9.47. The van der Waals surface area contributed by atoms with Crippen LogP contribution in [0, 0.1) is 12.7 Å². The van der Waals surface area contributed by atoms with Gasteiger partial charge in [0.1, 0.15) is 23.4 Å². The summed E-state index contributed by atoms with van der Waals surface area (Å²) in [7, 11) is 0. The zero-order chi connectivity index (χ0) is 33.1. The molecule has 13 nitrogen and oxygen atoms in total. The first-order valence-electron chi connectivity index (χ1n) is 16.4. The zero-order valence-electron chi connectivity index (χ0n) is 26.6. The Hall–Kier alpha value is -5.15. The van der Waals surface area contributed by atoms with Crippen molar-refractivity contribution in [3.05, 3.63) is 72.3 Å². The Morgan fingerprint density at radius 1 is 1.02 bits per heavy atom. The van der Waals surface area contributed by atoms with Gasteiger partial charge >= 0.3 is 6.01 Å².